The summed E-state index contributed by atoms with van der Waals surface area (Å²) in [6, 6.07) is 14.7. The normalized spacial score (nSPS) is 15.4. The van der Waals surface area contributed by atoms with E-state index in [4.69, 9.17) is 4.74 Å². The fraction of sp³-hybridized carbons (Fsp3) is 0.375. The molecule has 0 bridgehead atoms. The van der Waals surface area contributed by atoms with Crippen molar-refractivity contribution in [3.05, 3.63) is 54.1 Å². The highest BCUT2D eigenvalue weighted by atomic mass is 16.5. The van der Waals surface area contributed by atoms with Crippen molar-refractivity contribution in [1.29, 1.82) is 0 Å². The number of benzene rings is 2. The molecule has 1 amide bonds. The standard InChI is InChI=1S/C24H28N2O5/c1-25-11-13-26(14-12-25)23(28)16-20(24(29)30)15-22(27)19-5-3-17(4-6-19)18-7-9-21(31-2)10-8-18/h3-10,20H,11-16H2,1-2H3,(H,29,30). The van der Waals surface area contributed by atoms with Crippen molar-refractivity contribution in [2.75, 3.05) is 40.3 Å². The number of piperazine rings is 1. The summed E-state index contributed by atoms with van der Waals surface area (Å²) in [4.78, 5) is 40.7. The second kappa shape index (κ2) is 10.2. The van der Waals surface area contributed by atoms with Crippen LogP contribution in [0.3, 0.4) is 0 Å². The quantitative estimate of drug-likeness (QED) is 0.656. The van der Waals surface area contributed by atoms with Crippen LogP contribution in [0.4, 0.5) is 0 Å². The Balaban J connectivity index is 1.62. The summed E-state index contributed by atoms with van der Waals surface area (Å²) < 4.78 is 5.16. The second-order valence-corrected chi connectivity index (χ2v) is 7.86. The van der Waals surface area contributed by atoms with Crippen LogP contribution in [0, 0.1) is 5.92 Å². The van der Waals surface area contributed by atoms with Crippen molar-refractivity contribution in [2.24, 2.45) is 5.92 Å². The molecule has 1 aliphatic rings. The van der Waals surface area contributed by atoms with Gasteiger partial charge in [0.2, 0.25) is 5.91 Å². The van der Waals surface area contributed by atoms with E-state index in [1.807, 2.05) is 43.4 Å². The molecule has 7 heteroatoms. The maximum atomic E-state index is 12.7. The Hall–Kier alpha value is -3.19. The number of hydrogen-bond donors (Lipinski definition) is 1. The first-order chi connectivity index (χ1) is 14.9. The number of methoxy groups -OCH3 is 1. The molecule has 2 aromatic carbocycles. The van der Waals surface area contributed by atoms with Gasteiger partial charge in [-0.15, -0.1) is 0 Å². The SMILES string of the molecule is COc1ccc(-c2ccc(C(=O)CC(CC(=O)N3CCN(C)CC3)C(=O)O)cc2)cc1. The number of nitrogens with zero attached hydrogens (tertiary/aromatic N) is 2. The number of carbonyl (C=O) groups is 3. The molecular formula is C24H28N2O5. The zero-order chi connectivity index (χ0) is 22.4. The first kappa shape index (κ1) is 22.5. The lowest BCUT2D eigenvalue weighted by Crippen LogP contribution is -2.47. The smallest absolute Gasteiger partial charge is 0.307 e. The molecule has 1 fully saturated rings. The van der Waals surface area contributed by atoms with E-state index in [0.717, 1.165) is 30.0 Å². The highest BCUT2D eigenvalue weighted by molar-refractivity contribution is 5.99. The van der Waals surface area contributed by atoms with Gasteiger partial charge in [-0.1, -0.05) is 36.4 Å². The van der Waals surface area contributed by atoms with Crippen LogP contribution >= 0.6 is 0 Å². The van der Waals surface area contributed by atoms with E-state index < -0.39 is 11.9 Å². The van der Waals surface area contributed by atoms with Crippen molar-refractivity contribution < 1.29 is 24.2 Å². The van der Waals surface area contributed by atoms with Crippen LogP contribution < -0.4 is 4.74 Å². The summed E-state index contributed by atoms with van der Waals surface area (Å²) in [5, 5.41) is 9.55. The van der Waals surface area contributed by atoms with Gasteiger partial charge in [0, 0.05) is 44.6 Å². The summed E-state index contributed by atoms with van der Waals surface area (Å²) in [5.41, 5.74) is 2.37. The summed E-state index contributed by atoms with van der Waals surface area (Å²) in [7, 11) is 3.60. The van der Waals surface area contributed by atoms with Crippen LogP contribution in [-0.2, 0) is 9.59 Å². The number of ether oxygens (including phenoxy) is 1. The van der Waals surface area contributed by atoms with E-state index in [-0.39, 0.29) is 24.5 Å². The minimum atomic E-state index is -1.12. The molecule has 1 saturated heterocycles. The maximum Gasteiger partial charge on any atom is 0.307 e. The van der Waals surface area contributed by atoms with Crippen molar-refractivity contribution >= 4 is 17.7 Å². The van der Waals surface area contributed by atoms with Gasteiger partial charge in [-0.05, 0) is 30.3 Å². The number of ketones is 1. The number of likely N-dealkylation sites (N-methyl/N-ethyl adjacent to an activating group) is 1. The van der Waals surface area contributed by atoms with Gasteiger partial charge in [0.15, 0.2) is 5.78 Å². The van der Waals surface area contributed by atoms with Crippen molar-refractivity contribution in [3.63, 3.8) is 0 Å². The molecule has 0 aliphatic carbocycles. The van der Waals surface area contributed by atoms with Gasteiger partial charge in [0.25, 0.3) is 0 Å². The molecule has 1 aliphatic heterocycles. The lowest BCUT2D eigenvalue weighted by Gasteiger charge is -2.33. The fourth-order valence-corrected chi connectivity index (χ4v) is 3.62. The number of carboxylic acid groups (broad SMARTS) is 1. The molecule has 0 aromatic heterocycles. The molecule has 31 heavy (non-hydrogen) atoms. The predicted molar refractivity (Wildman–Crippen MR) is 117 cm³/mol. The summed E-state index contributed by atoms with van der Waals surface area (Å²) in [5.74, 6) is -1.86. The Labute approximate surface area is 182 Å². The van der Waals surface area contributed by atoms with E-state index in [9.17, 15) is 19.5 Å². The number of hydrogen-bond acceptors (Lipinski definition) is 5. The number of carboxylic acids is 1. The average Bonchev–Trinajstić information content (AvgIpc) is 2.79. The monoisotopic (exact) mass is 424 g/mol. The van der Waals surface area contributed by atoms with Crippen LogP contribution in [-0.4, -0.2) is 72.9 Å². The molecule has 0 saturated carbocycles. The third kappa shape index (κ3) is 5.92. The van der Waals surface area contributed by atoms with Gasteiger partial charge >= 0.3 is 5.97 Å². The lowest BCUT2D eigenvalue weighted by atomic mass is 9.94. The van der Waals surface area contributed by atoms with Crippen LogP contribution in [0.5, 0.6) is 5.75 Å². The highest BCUT2D eigenvalue weighted by Crippen LogP contribution is 2.24. The molecule has 164 valence electrons. The van der Waals surface area contributed by atoms with Crippen LogP contribution in [0.1, 0.15) is 23.2 Å². The molecule has 1 unspecified atom stereocenters. The lowest BCUT2D eigenvalue weighted by molar-refractivity contribution is -0.146. The topological polar surface area (TPSA) is 87.2 Å². The van der Waals surface area contributed by atoms with Crippen LogP contribution in [0.15, 0.2) is 48.5 Å². The number of Topliss-reactive ketones (excluding diaryl/α,β-unsaturated/α-hetero) is 1. The van der Waals surface area contributed by atoms with E-state index in [1.54, 1.807) is 24.1 Å². The van der Waals surface area contributed by atoms with Crippen molar-refractivity contribution in [1.82, 2.24) is 9.80 Å². The van der Waals surface area contributed by atoms with Gasteiger partial charge < -0.3 is 19.6 Å². The number of amides is 1. The summed E-state index contributed by atoms with van der Waals surface area (Å²) in [6.45, 7) is 2.71. The van der Waals surface area contributed by atoms with Crippen LogP contribution in [0.25, 0.3) is 11.1 Å². The minimum absolute atomic E-state index is 0.158. The Morgan fingerprint density at radius 1 is 0.903 bits per heavy atom. The van der Waals surface area contributed by atoms with E-state index in [2.05, 4.69) is 4.90 Å². The average molecular weight is 424 g/mol. The Morgan fingerprint density at radius 3 is 1.97 bits per heavy atom. The molecule has 3 rings (SSSR count). The Morgan fingerprint density at radius 2 is 1.45 bits per heavy atom. The zero-order valence-corrected chi connectivity index (χ0v) is 17.9. The van der Waals surface area contributed by atoms with Gasteiger partial charge in [-0.3, -0.25) is 14.4 Å². The first-order valence-corrected chi connectivity index (χ1v) is 10.3. The Kier molecular flexibility index (Phi) is 7.41. The molecule has 1 N–H and O–H groups in total. The first-order valence-electron chi connectivity index (χ1n) is 10.3. The Bertz CT molecular complexity index is 916. The molecule has 1 atom stereocenters. The van der Waals surface area contributed by atoms with E-state index in [1.165, 1.54) is 0 Å². The fourth-order valence-electron chi connectivity index (χ4n) is 3.62. The third-order valence-electron chi connectivity index (χ3n) is 5.69. The summed E-state index contributed by atoms with van der Waals surface area (Å²) >= 11 is 0. The predicted octanol–water partition coefficient (Wildman–Crippen LogP) is 2.80. The van der Waals surface area contributed by atoms with Gasteiger partial charge in [-0.2, -0.15) is 0 Å². The zero-order valence-electron chi connectivity index (χ0n) is 17.9. The maximum absolute atomic E-state index is 12.7. The molecule has 1 heterocycles. The highest BCUT2D eigenvalue weighted by Gasteiger charge is 2.28. The third-order valence-corrected chi connectivity index (χ3v) is 5.69. The minimum Gasteiger partial charge on any atom is -0.497 e. The largest absolute Gasteiger partial charge is 0.497 e. The van der Waals surface area contributed by atoms with E-state index in [0.29, 0.717) is 18.7 Å². The van der Waals surface area contributed by atoms with Gasteiger partial charge in [0.05, 0.1) is 13.0 Å². The molecule has 0 spiro atoms. The summed E-state index contributed by atoms with van der Waals surface area (Å²) in [6.07, 6.45) is -0.356. The molecule has 0 radical (unpaired) electrons. The van der Waals surface area contributed by atoms with Crippen LogP contribution in [0.2, 0.25) is 0 Å². The number of aliphatic carboxylic acids is 1. The van der Waals surface area contributed by atoms with Gasteiger partial charge in [-0.25, -0.2) is 0 Å². The molecular weight excluding hydrogens is 396 g/mol. The molecule has 7 nitrogen and oxygen atoms in total. The number of rotatable bonds is 8. The van der Waals surface area contributed by atoms with E-state index >= 15 is 0 Å². The number of carbonyl (C=O) groups excluding carboxylic acids is 2. The second-order valence-electron chi connectivity index (χ2n) is 7.86. The van der Waals surface area contributed by atoms with Crippen molar-refractivity contribution in [3.8, 4) is 16.9 Å². The van der Waals surface area contributed by atoms with Gasteiger partial charge in [0.1, 0.15) is 5.75 Å². The van der Waals surface area contributed by atoms with Crippen molar-refractivity contribution in [2.45, 2.75) is 12.8 Å². The molecule has 2 aromatic rings.